The van der Waals surface area contributed by atoms with Gasteiger partial charge in [0.1, 0.15) is 17.4 Å². The lowest BCUT2D eigenvalue weighted by Crippen LogP contribution is -2.39. The number of sulfone groups is 1. The van der Waals surface area contributed by atoms with Gasteiger partial charge in [0.05, 0.1) is 10.5 Å². The SMILES string of the molecule is CCCCc1cc(OC2CCN(CCCCS(=O)(=O)C(C)(C)C)CC2)c2ncccc2c1. The standard InChI is InChI=1S/C26H40N2O3S/c1-5-6-10-21-19-22-11-9-14-27-25(22)24(20-21)31-23-12-16-28(17-13-23)15-7-8-18-32(29,30)26(2,3)4/h9,11,14,19-20,23H,5-8,10,12-13,15-18H2,1-4H3. The molecule has 3 rings (SSSR count). The lowest BCUT2D eigenvalue weighted by Gasteiger charge is -2.32. The first-order valence-electron chi connectivity index (χ1n) is 12.2. The zero-order valence-corrected chi connectivity index (χ0v) is 21.1. The second-order valence-corrected chi connectivity index (χ2v) is 12.9. The van der Waals surface area contributed by atoms with Gasteiger partial charge < -0.3 is 9.64 Å². The lowest BCUT2D eigenvalue weighted by atomic mass is 10.0. The van der Waals surface area contributed by atoms with Crippen LogP contribution in [0, 0.1) is 0 Å². The molecule has 1 fully saturated rings. The van der Waals surface area contributed by atoms with Crippen molar-refractivity contribution in [1.29, 1.82) is 0 Å². The highest BCUT2D eigenvalue weighted by Crippen LogP contribution is 2.29. The molecule has 0 bridgehead atoms. The molecule has 6 heteroatoms. The Hall–Kier alpha value is -1.66. The van der Waals surface area contributed by atoms with Crippen molar-refractivity contribution >= 4 is 20.7 Å². The molecule has 1 aliphatic rings. The lowest BCUT2D eigenvalue weighted by molar-refractivity contribution is 0.101. The van der Waals surface area contributed by atoms with E-state index in [-0.39, 0.29) is 11.9 Å². The molecular weight excluding hydrogens is 420 g/mol. The summed E-state index contributed by atoms with van der Waals surface area (Å²) in [5, 5.41) is 1.15. The predicted molar refractivity (Wildman–Crippen MR) is 133 cm³/mol. The number of aryl methyl sites for hydroxylation is 1. The molecule has 0 saturated carbocycles. The molecule has 1 saturated heterocycles. The maximum atomic E-state index is 12.3. The van der Waals surface area contributed by atoms with Gasteiger partial charge in [-0.25, -0.2) is 8.42 Å². The van der Waals surface area contributed by atoms with E-state index < -0.39 is 14.6 Å². The van der Waals surface area contributed by atoms with E-state index in [1.165, 1.54) is 18.4 Å². The molecule has 0 spiro atoms. The van der Waals surface area contributed by atoms with Crippen molar-refractivity contribution in [3.63, 3.8) is 0 Å². The van der Waals surface area contributed by atoms with Crippen LogP contribution in [0.25, 0.3) is 10.9 Å². The van der Waals surface area contributed by atoms with E-state index >= 15 is 0 Å². The number of aromatic nitrogens is 1. The molecule has 32 heavy (non-hydrogen) atoms. The topological polar surface area (TPSA) is 59.5 Å². The van der Waals surface area contributed by atoms with Gasteiger partial charge in [0, 0.05) is 24.7 Å². The Morgan fingerprint density at radius 1 is 1.12 bits per heavy atom. The fourth-order valence-electron chi connectivity index (χ4n) is 4.20. The van der Waals surface area contributed by atoms with Gasteiger partial charge in [0.15, 0.2) is 9.84 Å². The van der Waals surface area contributed by atoms with Crippen molar-refractivity contribution < 1.29 is 13.2 Å². The average molecular weight is 461 g/mol. The Morgan fingerprint density at radius 2 is 1.88 bits per heavy atom. The number of hydrogen-bond donors (Lipinski definition) is 0. The monoisotopic (exact) mass is 460 g/mol. The number of ether oxygens (including phenoxy) is 1. The van der Waals surface area contributed by atoms with Gasteiger partial charge in [-0.2, -0.15) is 0 Å². The highest BCUT2D eigenvalue weighted by atomic mass is 32.2. The van der Waals surface area contributed by atoms with Crippen LogP contribution in [0.1, 0.15) is 71.8 Å². The molecule has 0 aliphatic carbocycles. The summed E-state index contributed by atoms with van der Waals surface area (Å²) in [4.78, 5) is 7.03. The maximum absolute atomic E-state index is 12.3. The van der Waals surface area contributed by atoms with Crippen LogP contribution in [0.15, 0.2) is 30.5 Å². The van der Waals surface area contributed by atoms with Crippen LogP contribution in [0.4, 0.5) is 0 Å². The molecule has 2 heterocycles. The third-order valence-corrected chi connectivity index (χ3v) is 9.14. The zero-order valence-electron chi connectivity index (χ0n) is 20.3. The predicted octanol–water partition coefficient (Wildman–Crippen LogP) is 5.41. The van der Waals surface area contributed by atoms with Gasteiger partial charge >= 0.3 is 0 Å². The summed E-state index contributed by atoms with van der Waals surface area (Å²) in [6.45, 7) is 10.5. The zero-order chi connectivity index (χ0) is 23.2. The second kappa shape index (κ2) is 11.0. The van der Waals surface area contributed by atoms with Gasteiger partial charge in [-0.1, -0.05) is 19.4 Å². The first kappa shape index (κ1) is 25.0. The summed E-state index contributed by atoms with van der Waals surface area (Å²) in [5.74, 6) is 1.20. The highest BCUT2D eigenvalue weighted by molar-refractivity contribution is 7.92. The van der Waals surface area contributed by atoms with Crippen LogP contribution in [-0.4, -0.2) is 54.5 Å². The average Bonchev–Trinajstić information content (AvgIpc) is 2.75. The van der Waals surface area contributed by atoms with Gasteiger partial charge in [-0.3, -0.25) is 4.98 Å². The Balaban J connectivity index is 1.50. The van der Waals surface area contributed by atoms with Crippen molar-refractivity contribution in [1.82, 2.24) is 9.88 Å². The van der Waals surface area contributed by atoms with E-state index in [1.807, 2.05) is 12.3 Å². The van der Waals surface area contributed by atoms with Crippen LogP contribution >= 0.6 is 0 Å². The number of likely N-dealkylation sites (tertiary alicyclic amines) is 1. The Morgan fingerprint density at radius 3 is 2.56 bits per heavy atom. The second-order valence-electron chi connectivity index (χ2n) is 10.1. The number of piperidine rings is 1. The van der Waals surface area contributed by atoms with Gasteiger partial charge in [0.25, 0.3) is 0 Å². The Labute approximate surface area is 194 Å². The van der Waals surface area contributed by atoms with Gasteiger partial charge in [-0.05, 0) is 89.6 Å². The molecule has 0 amide bonds. The number of nitrogens with zero attached hydrogens (tertiary/aromatic N) is 2. The molecule has 178 valence electrons. The Kier molecular flexibility index (Phi) is 8.56. The molecule has 0 unspecified atom stereocenters. The third-order valence-electron chi connectivity index (χ3n) is 6.45. The molecule has 0 N–H and O–H groups in total. The maximum Gasteiger partial charge on any atom is 0.155 e. The first-order chi connectivity index (χ1) is 15.2. The first-order valence-corrected chi connectivity index (χ1v) is 13.8. The van der Waals surface area contributed by atoms with Gasteiger partial charge in [0.2, 0.25) is 0 Å². The van der Waals surface area contributed by atoms with Crippen LogP contribution in [-0.2, 0) is 16.3 Å². The number of benzene rings is 1. The van der Waals surface area contributed by atoms with E-state index in [1.54, 1.807) is 20.8 Å². The quantitative estimate of drug-likeness (QED) is 0.444. The summed E-state index contributed by atoms with van der Waals surface area (Å²) in [6.07, 6.45) is 9.13. The normalized spacial score (nSPS) is 16.5. The number of hydrogen-bond acceptors (Lipinski definition) is 5. The Bertz CT molecular complexity index is 974. The molecule has 2 aromatic rings. The number of rotatable bonds is 10. The van der Waals surface area contributed by atoms with Crippen molar-refractivity contribution in [3.05, 3.63) is 36.0 Å². The van der Waals surface area contributed by atoms with E-state index in [9.17, 15) is 8.42 Å². The molecular formula is C26H40N2O3S. The molecule has 1 aliphatic heterocycles. The fraction of sp³-hybridized carbons (Fsp3) is 0.654. The molecule has 0 atom stereocenters. The fourth-order valence-corrected chi connectivity index (χ4v) is 5.39. The minimum Gasteiger partial charge on any atom is -0.488 e. The van der Waals surface area contributed by atoms with Crippen LogP contribution in [0.2, 0.25) is 0 Å². The molecule has 5 nitrogen and oxygen atoms in total. The molecule has 0 radical (unpaired) electrons. The van der Waals surface area contributed by atoms with Crippen LogP contribution in [0.5, 0.6) is 5.75 Å². The summed E-state index contributed by atoms with van der Waals surface area (Å²) in [7, 11) is -3.02. The largest absolute Gasteiger partial charge is 0.488 e. The van der Waals surface area contributed by atoms with E-state index in [0.717, 1.165) is 68.4 Å². The number of unbranched alkanes of at least 4 members (excludes halogenated alkanes) is 2. The van der Waals surface area contributed by atoms with Gasteiger partial charge in [-0.15, -0.1) is 0 Å². The smallest absolute Gasteiger partial charge is 0.155 e. The van der Waals surface area contributed by atoms with Crippen molar-refractivity contribution in [2.24, 2.45) is 0 Å². The van der Waals surface area contributed by atoms with Crippen molar-refractivity contribution in [2.45, 2.75) is 83.5 Å². The summed E-state index contributed by atoms with van der Waals surface area (Å²) >= 11 is 0. The number of fused-ring (bicyclic) bond motifs is 1. The minimum absolute atomic E-state index is 0.208. The molecule has 1 aromatic carbocycles. The van der Waals surface area contributed by atoms with Crippen molar-refractivity contribution in [3.8, 4) is 5.75 Å². The number of pyridine rings is 1. The van der Waals surface area contributed by atoms with E-state index in [4.69, 9.17) is 4.74 Å². The highest BCUT2D eigenvalue weighted by Gasteiger charge is 2.28. The summed E-state index contributed by atoms with van der Waals surface area (Å²) in [6, 6.07) is 8.54. The van der Waals surface area contributed by atoms with E-state index in [2.05, 4.69) is 35.0 Å². The molecule has 1 aromatic heterocycles. The summed E-state index contributed by atoms with van der Waals surface area (Å²) in [5.41, 5.74) is 2.28. The summed E-state index contributed by atoms with van der Waals surface area (Å²) < 4.78 is 30.3. The van der Waals surface area contributed by atoms with E-state index in [0.29, 0.717) is 0 Å². The minimum atomic E-state index is -3.02. The third kappa shape index (κ3) is 6.67. The van der Waals surface area contributed by atoms with Crippen molar-refractivity contribution in [2.75, 3.05) is 25.4 Å². The van der Waals surface area contributed by atoms with Crippen LogP contribution < -0.4 is 4.74 Å². The van der Waals surface area contributed by atoms with Crippen LogP contribution in [0.3, 0.4) is 0 Å².